The summed E-state index contributed by atoms with van der Waals surface area (Å²) in [7, 11) is 0. The predicted octanol–water partition coefficient (Wildman–Crippen LogP) is 5.41. The van der Waals surface area contributed by atoms with Crippen LogP contribution in [0.1, 0.15) is 25.3 Å². The van der Waals surface area contributed by atoms with Gasteiger partial charge in [-0.1, -0.05) is 66.3 Å². The van der Waals surface area contributed by atoms with Gasteiger partial charge in [-0.15, -0.1) is 0 Å². The molecule has 0 N–H and O–H groups in total. The van der Waals surface area contributed by atoms with E-state index < -0.39 is 12.1 Å². The summed E-state index contributed by atoms with van der Waals surface area (Å²) in [6.07, 6.45) is 3.96. The summed E-state index contributed by atoms with van der Waals surface area (Å²) in [5.41, 5.74) is 0.845. The second kappa shape index (κ2) is 6.98. The van der Waals surface area contributed by atoms with Crippen molar-refractivity contribution in [2.24, 2.45) is 0 Å². The summed E-state index contributed by atoms with van der Waals surface area (Å²) in [4.78, 5) is 0. The maximum Gasteiger partial charge on any atom is 0.399 e. The van der Waals surface area contributed by atoms with Gasteiger partial charge in [-0.05, 0) is 19.4 Å². The van der Waals surface area contributed by atoms with Gasteiger partial charge in [0, 0.05) is 0 Å². The van der Waals surface area contributed by atoms with E-state index in [1.807, 2.05) is 13.0 Å². The predicted molar refractivity (Wildman–Crippen MR) is 72.9 cm³/mol. The molecule has 0 aliphatic carbocycles. The normalized spacial score (nSPS) is 15.3. The first kappa shape index (κ1) is 15.3. The van der Waals surface area contributed by atoms with Gasteiger partial charge in [-0.25, -0.2) is 0 Å². The molecule has 19 heavy (non-hydrogen) atoms. The fourth-order valence-electron chi connectivity index (χ4n) is 1.68. The van der Waals surface area contributed by atoms with Crippen molar-refractivity contribution in [3.63, 3.8) is 0 Å². The molecular formula is C16H17F3. The molecule has 0 radical (unpaired) electrons. The zero-order valence-corrected chi connectivity index (χ0v) is 11.0. The second-order valence-electron chi connectivity index (χ2n) is 4.23. The zero-order valence-electron chi connectivity index (χ0n) is 11.0. The van der Waals surface area contributed by atoms with E-state index in [0.717, 1.165) is 0 Å². The highest BCUT2D eigenvalue weighted by Crippen LogP contribution is 2.36. The Balaban J connectivity index is 3.04. The van der Waals surface area contributed by atoms with Crippen molar-refractivity contribution in [1.82, 2.24) is 0 Å². The standard InChI is InChI=1S/C16H17F3/c1-3-4-6-9-13(2)12-15(16(17,18)19)14-10-7-5-8-11-14/h3-12,15H,1-2H3/b4-3-,9-6-,13-12-. The van der Waals surface area contributed by atoms with Crippen molar-refractivity contribution in [2.45, 2.75) is 25.9 Å². The van der Waals surface area contributed by atoms with Crippen LogP contribution in [0.25, 0.3) is 0 Å². The molecule has 102 valence electrons. The molecule has 0 spiro atoms. The third-order valence-corrected chi connectivity index (χ3v) is 2.60. The van der Waals surface area contributed by atoms with E-state index in [9.17, 15) is 13.2 Å². The number of allylic oxidation sites excluding steroid dienone is 6. The van der Waals surface area contributed by atoms with E-state index in [2.05, 4.69) is 0 Å². The Labute approximate surface area is 112 Å². The quantitative estimate of drug-likeness (QED) is 0.639. The van der Waals surface area contributed by atoms with Crippen LogP contribution in [0.3, 0.4) is 0 Å². The first-order valence-corrected chi connectivity index (χ1v) is 6.04. The van der Waals surface area contributed by atoms with E-state index in [1.165, 1.54) is 18.2 Å². The van der Waals surface area contributed by atoms with E-state index in [1.54, 1.807) is 43.4 Å². The Bertz CT molecular complexity index is 465. The number of halogens is 3. The smallest absolute Gasteiger partial charge is 0.170 e. The molecule has 0 amide bonds. The minimum absolute atomic E-state index is 0.258. The largest absolute Gasteiger partial charge is 0.399 e. The van der Waals surface area contributed by atoms with Crippen LogP contribution in [0.5, 0.6) is 0 Å². The molecule has 0 fully saturated rings. The topological polar surface area (TPSA) is 0 Å². The summed E-state index contributed by atoms with van der Waals surface area (Å²) in [6.45, 7) is 3.52. The highest BCUT2D eigenvalue weighted by Gasteiger charge is 2.38. The first-order chi connectivity index (χ1) is 8.95. The molecule has 1 aromatic rings. The highest BCUT2D eigenvalue weighted by molar-refractivity contribution is 5.30. The lowest BCUT2D eigenvalue weighted by Gasteiger charge is -2.17. The van der Waals surface area contributed by atoms with Crippen LogP contribution in [0, 0.1) is 0 Å². The SMILES string of the molecule is C\C=C/C=C\C(C)=C/C(c1ccccc1)C(F)(F)F. The molecule has 0 aliphatic rings. The zero-order chi connectivity index (χ0) is 14.3. The minimum Gasteiger partial charge on any atom is -0.170 e. The number of benzene rings is 1. The molecule has 0 bridgehead atoms. The van der Waals surface area contributed by atoms with Gasteiger partial charge in [0.2, 0.25) is 0 Å². The summed E-state index contributed by atoms with van der Waals surface area (Å²) in [5.74, 6) is -1.57. The lowest BCUT2D eigenvalue weighted by atomic mass is 9.96. The fraction of sp³-hybridized carbons (Fsp3) is 0.250. The average Bonchev–Trinajstić information content (AvgIpc) is 2.36. The molecule has 1 atom stereocenters. The van der Waals surface area contributed by atoms with Gasteiger partial charge >= 0.3 is 6.18 Å². The average molecular weight is 266 g/mol. The maximum absolute atomic E-state index is 13.1. The van der Waals surface area contributed by atoms with Crippen molar-refractivity contribution in [3.8, 4) is 0 Å². The number of alkyl halides is 3. The molecule has 1 rings (SSSR count). The lowest BCUT2D eigenvalue weighted by molar-refractivity contribution is -0.139. The molecule has 0 heterocycles. The summed E-state index contributed by atoms with van der Waals surface area (Å²) in [5, 5.41) is 0. The summed E-state index contributed by atoms with van der Waals surface area (Å²) < 4.78 is 39.2. The number of hydrogen-bond acceptors (Lipinski definition) is 0. The van der Waals surface area contributed by atoms with Crippen molar-refractivity contribution in [1.29, 1.82) is 0 Å². The third kappa shape index (κ3) is 5.16. The minimum atomic E-state index is -4.28. The van der Waals surface area contributed by atoms with Gasteiger partial charge in [-0.2, -0.15) is 13.2 Å². The fourth-order valence-corrected chi connectivity index (χ4v) is 1.68. The van der Waals surface area contributed by atoms with Crippen molar-refractivity contribution < 1.29 is 13.2 Å². The second-order valence-corrected chi connectivity index (χ2v) is 4.23. The van der Waals surface area contributed by atoms with Gasteiger partial charge in [0.15, 0.2) is 0 Å². The Hall–Kier alpha value is -1.77. The first-order valence-electron chi connectivity index (χ1n) is 6.04. The van der Waals surface area contributed by atoms with Crippen LogP contribution in [0.4, 0.5) is 13.2 Å². The molecule has 0 saturated heterocycles. The monoisotopic (exact) mass is 266 g/mol. The highest BCUT2D eigenvalue weighted by atomic mass is 19.4. The molecule has 1 aromatic carbocycles. The van der Waals surface area contributed by atoms with Gasteiger partial charge in [-0.3, -0.25) is 0 Å². The van der Waals surface area contributed by atoms with Crippen molar-refractivity contribution in [2.75, 3.05) is 0 Å². The number of hydrogen-bond donors (Lipinski definition) is 0. The summed E-state index contributed by atoms with van der Waals surface area (Å²) >= 11 is 0. The van der Waals surface area contributed by atoms with Gasteiger partial charge in [0.1, 0.15) is 0 Å². The third-order valence-electron chi connectivity index (χ3n) is 2.60. The Morgan fingerprint density at radius 2 is 1.74 bits per heavy atom. The van der Waals surface area contributed by atoms with Crippen LogP contribution in [-0.4, -0.2) is 6.18 Å². The van der Waals surface area contributed by atoms with Crippen LogP contribution in [-0.2, 0) is 0 Å². The van der Waals surface area contributed by atoms with E-state index >= 15 is 0 Å². The maximum atomic E-state index is 13.1. The Morgan fingerprint density at radius 1 is 1.11 bits per heavy atom. The van der Waals surface area contributed by atoms with Gasteiger partial charge < -0.3 is 0 Å². The number of rotatable bonds is 4. The molecule has 0 aromatic heterocycles. The van der Waals surface area contributed by atoms with E-state index in [0.29, 0.717) is 5.57 Å². The van der Waals surface area contributed by atoms with Crippen LogP contribution < -0.4 is 0 Å². The van der Waals surface area contributed by atoms with E-state index in [4.69, 9.17) is 0 Å². The van der Waals surface area contributed by atoms with Crippen molar-refractivity contribution in [3.05, 3.63) is 71.8 Å². The van der Waals surface area contributed by atoms with Crippen LogP contribution in [0.2, 0.25) is 0 Å². The Kier molecular flexibility index (Phi) is 5.61. The van der Waals surface area contributed by atoms with Crippen LogP contribution >= 0.6 is 0 Å². The van der Waals surface area contributed by atoms with Crippen molar-refractivity contribution >= 4 is 0 Å². The van der Waals surface area contributed by atoms with Crippen LogP contribution in [0.15, 0.2) is 66.3 Å². The molecule has 0 aliphatic heterocycles. The molecule has 0 saturated carbocycles. The summed E-state index contributed by atoms with van der Waals surface area (Å²) in [6, 6.07) is 7.94. The Morgan fingerprint density at radius 3 is 2.26 bits per heavy atom. The molecule has 1 unspecified atom stereocenters. The molecule has 3 heteroatoms. The lowest BCUT2D eigenvalue weighted by Crippen LogP contribution is -2.19. The molecule has 0 nitrogen and oxygen atoms in total. The van der Waals surface area contributed by atoms with E-state index in [-0.39, 0.29) is 5.56 Å². The molecular weight excluding hydrogens is 249 g/mol. The van der Waals surface area contributed by atoms with Gasteiger partial charge in [0.05, 0.1) is 5.92 Å². The van der Waals surface area contributed by atoms with Gasteiger partial charge in [0.25, 0.3) is 0 Å².